The van der Waals surface area contributed by atoms with Crippen LogP contribution in [0, 0.1) is 23.3 Å². The van der Waals surface area contributed by atoms with Gasteiger partial charge in [-0.2, -0.15) is 0 Å². The van der Waals surface area contributed by atoms with Gasteiger partial charge in [-0.1, -0.05) is 0 Å². The van der Waals surface area contributed by atoms with Crippen LogP contribution in [0.1, 0.15) is 16.1 Å². The summed E-state index contributed by atoms with van der Waals surface area (Å²) in [6.07, 6.45) is 0.439. The average Bonchev–Trinajstić information content (AvgIpc) is 2.71. The van der Waals surface area contributed by atoms with Crippen LogP contribution in [-0.2, 0) is 16.0 Å². The molecule has 0 fully saturated rings. The first-order chi connectivity index (χ1) is 14.3. The zero-order chi connectivity index (χ0) is 21.8. The molecule has 0 unspecified atom stereocenters. The number of hydrogen-bond acceptors (Lipinski definition) is 5. The van der Waals surface area contributed by atoms with Crippen molar-refractivity contribution in [2.75, 3.05) is 12.4 Å². The van der Waals surface area contributed by atoms with Gasteiger partial charge in [0.2, 0.25) is 5.91 Å². The minimum absolute atomic E-state index is 0.198. The lowest BCUT2D eigenvalue weighted by Gasteiger charge is -2.11. The second kappa shape index (κ2) is 8.68. The van der Waals surface area contributed by atoms with Crippen LogP contribution in [0.15, 0.2) is 42.6 Å². The molecule has 0 saturated carbocycles. The predicted octanol–water partition coefficient (Wildman–Crippen LogP) is 3.67. The van der Waals surface area contributed by atoms with Crippen LogP contribution < -0.4 is 5.32 Å². The van der Waals surface area contributed by atoms with Crippen molar-refractivity contribution in [2.45, 2.75) is 6.42 Å². The summed E-state index contributed by atoms with van der Waals surface area (Å²) in [7, 11) is 1.09. The van der Waals surface area contributed by atoms with E-state index >= 15 is 0 Å². The Bertz CT molecular complexity index is 1100. The first-order valence-electron chi connectivity index (χ1n) is 8.43. The van der Waals surface area contributed by atoms with Crippen LogP contribution in [0.5, 0.6) is 0 Å². The van der Waals surface area contributed by atoms with E-state index in [1.807, 2.05) is 0 Å². The summed E-state index contributed by atoms with van der Waals surface area (Å²) in [4.78, 5) is 32.3. The predicted molar refractivity (Wildman–Crippen MR) is 97.4 cm³/mol. The molecule has 0 bridgehead atoms. The van der Waals surface area contributed by atoms with Crippen molar-refractivity contribution in [2.24, 2.45) is 0 Å². The number of nitrogens with one attached hydrogen (secondary N) is 1. The lowest BCUT2D eigenvalue weighted by molar-refractivity contribution is -0.115. The van der Waals surface area contributed by atoms with Crippen molar-refractivity contribution in [1.82, 2.24) is 9.97 Å². The molecule has 0 aliphatic heterocycles. The van der Waals surface area contributed by atoms with Crippen molar-refractivity contribution in [1.29, 1.82) is 0 Å². The van der Waals surface area contributed by atoms with Gasteiger partial charge in [0.15, 0.2) is 11.5 Å². The van der Waals surface area contributed by atoms with Gasteiger partial charge in [-0.25, -0.2) is 32.3 Å². The fourth-order valence-corrected chi connectivity index (χ4v) is 2.56. The van der Waals surface area contributed by atoms with Gasteiger partial charge in [-0.3, -0.25) is 4.79 Å². The van der Waals surface area contributed by atoms with E-state index in [0.717, 1.165) is 7.11 Å². The van der Waals surface area contributed by atoms with Gasteiger partial charge in [0, 0.05) is 23.3 Å². The Labute approximate surface area is 167 Å². The molecule has 6 nitrogen and oxygen atoms in total. The van der Waals surface area contributed by atoms with Gasteiger partial charge in [0.1, 0.15) is 23.3 Å². The number of carbonyl (C=O) groups is 2. The minimum atomic E-state index is -1.23. The fourth-order valence-electron chi connectivity index (χ4n) is 2.56. The monoisotopic (exact) mass is 419 g/mol. The van der Waals surface area contributed by atoms with E-state index < -0.39 is 47.1 Å². The number of nitrogens with zero attached hydrogens (tertiary/aromatic N) is 2. The minimum Gasteiger partial charge on any atom is -0.464 e. The van der Waals surface area contributed by atoms with Crippen LogP contribution in [0.4, 0.5) is 23.4 Å². The van der Waals surface area contributed by atoms with Gasteiger partial charge in [-0.15, -0.1) is 0 Å². The number of ether oxygens (including phenoxy) is 1. The summed E-state index contributed by atoms with van der Waals surface area (Å²) in [5.74, 6) is -6.20. The van der Waals surface area contributed by atoms with Gasteiger partial charge in [0.25, 0.3) is 0 Å². The van der Waals surface area contributed by atoms with E-state index in [1.165, 1.54) is 30.5 Å². The molecule has 0 aliphatic rings. The van der Waals surface area contributed by atoms with Gasteiger partial charge in [0.05, 0.1) is 25.4 Å². The Kier molecular flexibility index (Phi) is 6.05. The van der Waals surface area contributed by atoms with Crippen LogP contribution in [0.25, 0.3) is 11.3 Å². The second-order valence-corrected chi connectivity index (χ2v) is 6.02. The highest BCUT2D eigenvalue weighted by Crippen LogP contribution is 2.21. The number of esters is 1. The molecule has 1 heterocycles. The number of halogens is 4. The normalized spacial score (nSPS) is 10.6. The Morgan fingerprint density at radius 3 is 2.23 bits per heavy atom. The lowest BCUT2D eigenvalue weighted by Crippen LogP contribution is -2.20. The summed E-state index contributed by atoms with van der Waals surface area (Å²) < 4.78 is 58.2. The Hall–Kier alpha value is -3.82. The maximum absolute atomic E-state index is 13.8. The third kappa shape index (κ3) is 4.59. The van der Waals surface area contributed by atoms with E-state index in [0.29, 0.717) is 17.7 Å². The maximum Gasteiger partial charge on any atom is 0.360 e. The summed E-state index contributed by atoms with van der Waals surface area (Å²) in [6, 6.07) is 6.11. The van der Waals surface area contributed by atoms with E-state index in [2.05, 4.69) is 20.0 Å². The van der Waals surface area contributed by atoms with E-state index in [9.17, 15) is 27.2 Å². The van der Waals surface area contributed by atoms with Crippen molar-refractivity contribution in [3.63, 3.8) is 0 Å². The topological polar surface area (TPSA) is 81.2 Å². The smallest absolute Gasteiger partial charge is 0.360 e. The molecule has 0 radical (unpaired) electrons. The molecule has 2 aromatic carbocycles. The zero-order valence-corrected chi connectivity index (χ0v) is 15.4. The molecule has 3 rings (SSSR count). The van der Waals surface area contributed by atoms with Gasteiger partial charge in [-0.05, 0) is 24.3 Å². The Morgan fingerprint density at radius 1 is 1.00 bits per heavy atom. The number of hydrogen-bond donors (Lipinski definition) is 1. The molecule has 0 saturated heterocycles. The molecule has 1 N–H and O–H groups in total. The van der Waals surface area contributed by atoms with Crippen molar-refractivity contribution < 1.29 is 31.9 Å². The quantitative estimate of drug-likeness (QED) is 0.504. The van der Waals surface area contributed by atoms with E-state index in [1.54, 1.807) is 0 Å². The zero-order valence-electron chi connectivity index (χ0n) is 15.4. The van der Waals surface area contributed by atoms with Crippen LogP contribution >= 0.6 is 0 Å². The Balaban J connectivity index is 1.88. The number of amides is 1. The Morgan fingerprint density at radius 2 is 1.63 bits per heavy atom. The third-order valence-corrected chi connectivity index (χ3v) is 3.99. The molecular formula is C20H13F4N3O3. The number of benzene rings is 2. The number of carbonyl (C=O) groups excluding carboxylic acids is 2. The maximum atomic E-state index is 13.8. The van der Waals surface area contributed by atoms with Gasteiger partial charge >= 0.3 is 5.97 Å². The lowest BCUT2D eigenvalue weighted by atomic mass is 10.1. The molecule has 3 aromatic rings. The van der Waals surface area contributed by atoms with Crippen LogP contribution in [-0.4, -0.2) is 29.0 Å². The second-order valence-electron chi connectivity index (χ2n) is 6.02. The van der Waals surface area contributed by atoms with Crippen molar-refractivity contribution >= 4 is 17.7 Å². The molecular weight excluding hydrogens is 406 g/mol. The van der Waals surface area contributed by atoms with Crippen molar-refractivity contribution in [3.8, 4) is 11.3 Å². The molecule has 154 valence electrons. The van der Waals surface area contributed by atoms with Crippen LogP contribution in [0.2, 0.25) is 0 Å². The number of rotatable bonds is 5. The van der Waals surface area contributed by atoms with E-state index in [-0.39, 0.29) is 17.2 Å². The van der Waals surface area contributed by atoms with E-state index in [4.69, 9.17) is 0 Å². The molecule has 30 heavy (non-hydrogen) atoms. The first kappa shape index (κ1) is 20.9. The first-order valence-corrected chi connectivity index (χ1v) is 8.43. The summed E-state index contributed by atoms with van der Waals surface area (Å²) in [5.41, 5.74) is -0.372. The molecule has 0 spiro atoms. The summed E-state index contributed by atoms with van der Waals surface area (Å²) in [6.45, 7) is 0. The number of methoxy groups -OCH3 is 1. The number of anilines is 1. The molecule has 0 aliphatic carbocycles. The standard InChI is InChI=1S/C20H13F4N3O3/c1-30-20(29)18-19(25-9-16(26-18)10-2-4-11(21)5-3-10)27-17(28)8-13-14(23)6-12(22)7-15(13)24/h2-7,9H,8H2,1H3,(H,25,27,28). The molecule has 0 atom stereocenters. The van der Waals surface area contributed by atoms with Crippen LogP contribution in [0.3, 0.4) is 0 Å². The average molecular weight is 419 g/mol. The SMILES string of the molecule is COC(=O)c1nc(-c2ccc(F)cc2)cnc1NC(=O)Cc1c(F)cc(F)cc1F. The third-order valence-electron chi connectivity index (χ3n) is 3.99. The fraction of sp³-hybridized carbons (Fsp3) is 0.100. The summed E-state index contributed by atoms with van der Waals surface area (Å²) >= 11 is 0. The molecule has 10 heteroatoms. The number of aromatic nitrogens is 2. The van der Waals surface area contributed by atoms with Gasteiger partial charge < -0.3 is 10.1 Å². The highest BCUT2D eigenvalue weighted by Gasteiger charge is 2.21. The van der Waals surface area contributed by atoms with Crippen molar-refractivity contribution in [3.05, 3.63) is 77.1 Å². The highest BCUT2D eigenvalue weighted by atomic mass is 19.1. The highest BCUT2D eigenvalue weighted by molar-refractivity contribution is 5.99. The molecule has 1 amide bonds. The molecule has 1 aromatic heterocycles. The largest absolute Gasteiger partial charge is 0.464 e. The summed E-state index contributed by atoms with van der Waals surface area (Å²) in [5, 5.41) is 2.23.